The monoisotopic (exact) mass is 288 g/mol. The average Bonchev–Trinajstić information content (AvgIpc) is 2.81. The van der Waals surface area contributed by atoms with Crippen molar-refractivity contribution in [2.24, 2.45) is 5.73 Å². The van der Waals surface area contributed by atoms with Gasteiger partial charge < -0.3 is 10.6 Å². The maximum Gasteiger partial charge on any atom is 0.0782 e. The average molecular weight is 288 g/mol. The van der Waals surface area contributed by atoms with Gasteiger partial charge in [-0.1, -0.05) is 12.1 Å². The van der Waals surface area contributed by atoms with E-state index in [1.165, 1.54) is 21.0 Å². The lowest BCUT2D eigenvalue weighted by molar-refractivity contribution is 0.545. The van der Waals surface area contributed by atoms with Crippen LogP contribution in [-0.2, 0) is 0 Å². The molecule has 0 bridgehead atoms. The van der Waals surface area contributed by atoms with Crippen LogP contribution in [0.5, 0.6) is 0 Å². The number of hydrogen-bond donors (Lipinski definition) is 1. The highest BCUT2D eigenvalue weighted by Crippen LogP contribution is 2.33. The maximum atomic E-state index is 6.29. The Balaban J connectivity index is 2.40. The zero-order chi connectivity index (χ0) is 14.7. The van der Waals surface area contributed by atoms with Crippen molar-refractivity contribution < 1.29 is 0 Å². The Hall–Kier alpha value is -1.32. The molecule has 2 atom stereocenters. The van der Waals surface area contributed by atoms with Gasteiger partial charge in [-0.15, -0.1) is 11.3 Å². The number of benzene rings is 1. The van der Waals surface area contributed by atoms with Crippen LogP contribution in [-0.4, -0.2) is 12.6 Å². The fourth-order valence-electron chi connectivity index (χ4n) is 2.66. The van der Waals surface area contributed by atoms with Crippen LogP contribution in [0, 0.1) is 13.8 Å². The van der Waals surface area contributed by atoms with Crippen molar-refractivity contribution in [1.29, 1.82) is 0 Å². The Morgan fingerprint density at radius 3 is 2.45 bits per heavy atom. The number of nitrogens with two attached hydrogens (primary N) is 1. The van der Waals surface area contributed by atoms with E-state index in [-0.39, 0.29) is 12.1 Å². The van der Waals surface area contributed by atoms with Gasteiger partial charge in [0.25, 0.3) is 0 Å². The van der Waals surface area contributed by atoms with Gasteiger partial charge in [0, 0.05) is 28.0 Å². The highest BCUT2D eigenvalue weighted by Gasteiger charge is 2.24. The molecule has 0 radical (unpaired) electrons. The zero-order valence-electron chi connectivity index (χ0n) is 12.8. The van der Waals surface area contributed by atoms with Crippen LogP contribution >= 0.6 is 11.3 Å². The van der Waals surface area contributed by atoms with Crippen LogP contribution in [0.4, 0.5) is 5.69 Å². The number of aryl methyl sites for hydroxylation is 2. The number of anilines is 1. The molecule has 3 heteroatoms. The summed E-state index contributed by atoms with van der Waals surface area (Å²) in [4.78, 5) is 5.09. The first-order valence-corrected chi connectivity index (χ1v) is 7.99. The van der Waals surface area contributed by atoms with E-state index in [2.05, 4.69) is 69.0 Å². The standard InChI is InChI=1S/C17H24N2S/c1-5-19(15-8-6-7-12(2)11-15)17(14(4)18)16-10-9-13(3)20-16/h6-11,14,17H,5,18H2,1-4H3. The number of hydrogen-bond acceptors (Lipinski definition) is 3. The molecule has 0 spiro atoms. The molecule has 0 aliphatic rings. The smallest absolute Gasteiger partial charge is 0.0782 e. The van der Waals surface area contributed by atoms with Crippen LogP contribution < -0.4 is 10.6 Å². The second kappa shape index (κ2) is 6.42. The minimum atomic E-state index is 0.0912. The minimum absolute atomic E-state index is 0.0912. The Labute approximate surface area is 126 Å². The molecular weight excluding hydrogens is 264 g/mol. The van der Waals surface area contributed by atoms with Gasteiger partial charge in [0.15, 0.2) is 0 Å². The van der Waals surface area contributed by atoms with Gasteiger partial charge in [-0.2, -0.15) is 0 Å². The van der Waals surface area contributed by atoms with E-state index in [0.29, 0.717) is 0 Å². The topological polar surface area (TPSA) is 29.3 Å². The summed E-state index contributed by atoms with van der Waals surface area (Å²) < 4.78 is 0. The Kier molecular flexibility index (Phi) is 4.84. The second-order valence-corrected chi connectivity index (χ2v) is 6.70. The molecule has 2 rings (SSSR count). The summed E-state index contributed by atoms with van der Waals surface area (Å²) in [7, 11) is 0. The molecular formula is C17H24N2S. The molecule has 0 amide bonds. The third kappa shape index (κ3) is 3.22. The predicted molar refractivity (Wildman–Crippen MR) is 89.6 cm³/mol. The molecule has 1 aromatic heterocycles. The van der Waals surface area contributed by atoms with Crippen LogP contribution in [0.1, 0.15) is 35.2 Å². The lowest BCUT2D eigenvalue weighted by atomic mass is 10.1. The Morgan fingerprint density at radius 2 is 1.95 bits per heavy atom. The van der Waals surface area contributed by atoms with E-state index in [0.717, 1.165) is 6.54 Å². The minimum Gasteiger partial charge on any atom is -0.362 e. The van der Waals surface area contributed by atoms with Crippen molar-refractivity contribution in [3.8, 4) is 0 Å². The number of thiophene rings is 1. The molecule has 108 valence electrons. The summed E-state index contributed by atoms with van der Waals surface area (Å²) in [6.07, 6.45) is 0. The quantitative estimate of drug-likeness (QED) is 0.889. The number of rotatable bonds is 5. The van der Waals surface area contributed by atoms with Crippen molar-refractivity contribution in [3.63, 3.8) is 0 Å². The number of likely N-dealkylation sites (N-methyl/N-ethyl adjacent to an activating group) is 1. The van der Waals surface area contributed by atoms with Crippen LogP contribution in [0.3, 0.4) is 0 Å². The summed E-state index contributed by atoms with van der Waals surface area (Å²) in [5, 5.41) is 0. The zero-order valence-corrected chi connectivity index (χ0v) is 13.6. The summed E-state index contributed by atoms with van der Waals surface area (Å²) >= 11 is 1.85. The lowest BCUT2D eigenvalue weighted by Crippen LogP contribution is -2.39. The summed E-state index contributed by atoms with van der Waals surface area (Å²) in [6.45, 7) is 9.52. The van der Waals surface area contributed by atoms with Crippen molar-refractivity contribution >= 4 is 17.0 Å². The molecule has 0 aliphatic carbocycles. The molecule has 1 aromatic carbocycles. The highest BCUT2D eigenvalue weighted by atomic mass is 32.1. The Morgan fingerprint density at radius 1 is 1.20 bits per heavy atom. The van der Waals surface area contributed by atoms with Crippen molar-refractivity contribution in [2.75, 3.05) is 11.4 Å². The largest absolute Gasteiger partial charge is 0.362 e. The third-order valence-electron chi connectivity index (χ3n) is 3.56. The van der Waals surface area contributed by atoms with Crippen LogP contribution in [0.2, 0.25) is 0 Å². The second-order valence-electron chi connectivity index (χ2n) is 5.38. The van der Waals surface area contributed by atoms with Gasteiger partial charge in [-0.3, -0.25) is 0 Å². The van der Waals surface area contributed by atoms with Gasteiger partial charge in [-0.05, 0) is 57.5 Å². The molecule has 1 heterocycles. The third-order valence-corrected chi connectivity index (χ3v) is 4.63. The lowest BCUT2D eigenvalue weighted by Gasteiger charge is -2.35. The van der Waals surface area contributed by atoms with Gasteiger partial charge in [0.1, 0.15) is 0 Å². The van der Waals surface area contributed by atoms with E-state index in [1.807, 2.05) is 11.3 Å². The molecule has 20 heavy (non-hydrogen) atoms. The van der Waals surface area contributed by atoms with Gasteiger partial charge >= 0.3 is 0 Å². The molecule has 0 saturated heterocycles. The highest BCUT2D eigenvalue weighted by molar-refractivity contribution is 7.12. The number of nitrogens with zero attached hydrogens (tertiary/aromatic N) is 1. The first-order chi connectivity index (χ1) is 9.52. The predicted octanol–water partition coefficient (Wildman–Crippen LogP) is 4.28. The van der Waals surface area contributed by atoms with Crippen molar-refractivity contribution in [2.45, 2.75) is 39.8 Å². The van der Waals surface area contributed by atoms with Crippen LogP contribution in [0.25, 0.3) is 0 Å². The Bertz CT molecular complexity index is 560. The fraction of sp³-hybridized carbons (Fsp3) is 0.412. The van der Waals surface area contributed by atoms with Gasteiger partial charge in [-0.25, -0.2) is 0 Å². The normalized spacial score (nSPS) is 14.1. The fourth-order valence-corrected chi connectivity index (χ4v) is 3.76. The molecule has 2 aromatic rings. The molecule has 0 saturated carbocycles. The first kappa shape index (κ1) is 15.1. The first-order valence-electron chi connectivity index (χ1n) is 7.18. The van der Waals surface area contributed by atoms with Crippen LogP contribution in [0.15, 0.2) is 36.4 Å². The molecule has 2 N–H and O–H groups in total. The summed E-state index contributed by atoms with van der Waals surface area (Å²) in [6, 6.07) is 13.4. The van der Waals surface area contributed by atoms with E-state index < -0.39 is 0 Å². The SMILES string of the molecule is CCN(c1cccc(C)c1)C(c1ccc(C)s1)C(C)N. The maximum absolute atomic E-state index is 6.29. The van der Waals surface area contributed by atoms with E-state index >= 15 is 0 Å². The van der Waals surface area contributed by atoms with Crippen molar-refractivity contribution in [3.05, 3.63) is 51.7 Å². The molecule has 2 nitrogen and oxygen atoms in total. The molecule has 2 unspecified atom stereocenters. The van der Waals surface area contributed by atoms with Gasteiger partial charge in [0.05, 0.1) is 6.04 Å². The summed E-state index contributed by atoms with van der Waals surface area (Å²) in [5.41, 5.74) is 8.83. The van der Waals surface area contributed by atoms with Crippen molar-refractivity contribution in [1.82, 2.24) is 0 Å². The van der Waals surface area contributed by atoms with E-state index in [9.17, 15) is 0 Å². The molecule has 0 fully saturated rings. The van der Waals surface area contributed by atoms with E-state index in [4.69, 9.17) is 5.73 Å². The molecule has 0 aliphatic heterocycles. The van der Waals surface area contributed by atoms with E-state index in [1.54, 1.807) is 0 Å². The summed E-state index contributed by atoms with van der Waals surface area (Å²) in [5.74, 6) is 0. The van der Waals surface area contributed by atoms with Gasteiger partial charge in [0.2, 0.25) is 0 Å².